The number of H-pyrrole nitrogens is 1. The molecule has 0 aliphatic carbocycles. The summed E-state index contributed by atoms with van der Waals surface area (Å²) in [5.41, 5.74) is 5.76. The summed E-state index contributed by atoms with van der Waals surface area (Å²) in [6, 6.07) is 19.8. The summed E-state index contributed by atoms with van der Waals surface area (Å²) in [7, 11) is 4.06. The summed E-state index contributed by atoms with van der Waals surface area (Å²) in [5.74, 6) is 5.85. The summed E-state index contributed by atoms with van der Waals surface area (Å²) in [4.78, 5) is 9.19. The highest BCUT2D eigenvalue weighted by Crippen LogP contribution is 2.22. The number of pyridine rings is 1. The van der Waals surface area contributed by atoms with E-state index >= 15 is 0 Å². The quantitative estimate of drug-likeness (QED) is 0.522. The van der Waals surface area contributed by atoms with E-state index in [2.05, 4.69) is 63.1 Å². The van der Waals surface area contributed by atoms with Crippen molar-refractivity contribution < 1.29 is 4.39 Å². The van der Waals surface area contributed by atoms with Crippen LogP contribution in [0.1, 0.15) is 11.3 Å². The van der Waals surface area contributed by atoms with Gasteiger partial charge in [-0.05, 0) is 53.4 Å². The van der Waals surface area contributed by atoms with Crippen LogP contribution in [0.15, 0.2) is 66.9 Å². The lowest BCUT2D eigenvalue weighted by atomic mass is 10.0. The average Bonchev–Trinajstić information content (AvgIpc) is 3.09. The Bertz CT molecular complexity index is 1140. The van der Waals surface area contributed by atoms with Crippen molar-refractivity contribution in [3.8, 4) is 23.0 Å². The molecule has 0 unspecified atom stereocenters. The normalized spacial score (nSPS) is 10.5. The van der Waals surface area contributed by atoms with Gasteiger partial charge in [-0.3, -0.25) is 0 Å². The highest BCUT2D eigenvalue weighted by atomic mass is 19.1. The van der Waals surface area contributed by atoms with Gasteiger partial charge >= 0.3 is 0 Å². The highest BCUT2D eigenvalue weighted by Gasteiger charge is 2.02. The first-order valence-electron chi connectivity index (χ1n) is 8.62. The van der Waals surface area contributed by atoms with Gasteiger partial charge in [0.2, 0.25) is 0 Å². The molecule has 2 heterocycles. The van der Waals surface area contributed by atoms with Gasteiger partial charge in [-0.2, -0.15) is 0 Å². The molecule has 4 rings (SSSR count). The van der Waals surface area contributed by atoms with E-state index in [-0.39, 0.29) is 5.82 Å². The molecule has 1 N–H and O–H groups in total. The van der Waals surface area contributed by atoms with Crippen molar-refractivity contribution in [3.05, 3.63) is 83.9 Å². The molecule has 4 aromatic rings. The molecule has 27 heavy (non-hydrogen) atoms. The molecule has 0 radical (unpaired) electrons. The second-order valence-corrected chi connectivity index (χ2v) is 6.54. The summed E-state index contributed by atoms with van der Waals surface area (Å²) in [5, 5.41) is 0.718. The molecule has 2 aromatic carbocycles. The van der Waals surface area contributed by atoms with Crippen LogP contribution in [-0.4, -0.2) is 24.1 Å². The van der Waals surface area contributed by atoms with Crippen LogP contribution < -0.4 is 4.90 Å². The zero-order valence-electron chi connectivity index (χ0n) is 15.1. The molecular formula is C23H18FN3. The number of anilines is 1. The van der Waals surface area contributed by atoms with Gasteiger partial charge in [-0.15, -0.1) is 0 Å². The molecule has 0 aliphatic rings. The number of halogens is 1. The molecule has 0 bridgehead atoms. The van der Waals surface area contributed by atoms with Crippen molar-refractivity contribution in [2.45, 2.75) is 0 Å². The Labute approximate surface area is 157 Å². The van der Waals surface area contributed by atoms with Crippen LogP contribution in [0, 0.1) is 17.7 Å². The van der Waals surface area contributed by atoms with Gasteiger partial charge in [-0.1, -0.05) is 30.2 Å². The smallest absolute Gasteiger partial charge is 0.142 e. The van der Waals surface area contributed by atoms with E-state index in [1.807, 2.05) is 26.2 Å². The van der Waals surface area contributed by atoms with Crippen LogP contribution >= 0.6 is 0 Å². The minimum Gasteiger partial charge on any atom is -0.378 e. The number of hydrogen-bond acceptors (Lipinski definition) is 2. The van der Waals surface area contributed by atoms with E-state index in [0.29, 0.717) is 11.3 Å². The van der Waals surface area contributed by atoms with Crippen molar-refractivity contribution >= 4 is 16.7 Å². The molecule has 0 aliphatic heterocycles. The fraction of sp³-hybridized carbons (Fsp3) is 0.0870. The van der Waals surface area contributed by atoms with E-state index in [1.165, 1.54) is 23.5 Å². The SMILES string of the molecule is CN(C)c1ccc(-c2ccc(C#Cc3cc4cc(F)cnc4[nH]3)cc2)cc1. The van der Waals surface area contributed by atoms with Crippen LogP contribution in [0.5, 0.6) is 0 Å². The lowest BCUT2D eigenvalue weighted by Crippen LogP contribution is -2.07. The Kier molecular flexibility index (Phi) is 4.35. The second-order valence-electron chi connectivity index (χ2n) is 6.54. The molecule has 0 fully saturated rings. The molecule has 4 heteroatoms. The van der Waals surface area contributed by atoms with Crippen molar-refractivity contribution in [1.82, 2.24) is 9.97 Å². The maximum absolute atomic E-state index is 13.2. The van der Waals surface area contributed by atoms with Crippen LogP contribution in [0.25, 0.3) is 22.2 Å². The minimum atomic E-state index is -0.352. The van der Waals surface area contributed by atoms with E-state index in [9.17, 15) is 4.39 Å². The molecule has 0 saturated heterocycles. The minimum absolute atomic E-state index is 0.352. The first-order chi connectivity index (χ1) is 13.1. The molecule has 0 atom stereocenters. The summed E-state index contributed by atoms with van der Waals surface area (Å²) >= 11 is 0. The number of fused-ring (bicyclic) bond motifs is 1. The van der Waals surface area contributed by atoms with E-state index in [1.54, 1.807) is 6.07 Å². The van der Waals surface area contributed by atoms with Gasteiger partial charge in [0, 0.05) is 30.7 Å². The van der Waals surface area contributed by atoms with Gasteiger partial charge in [0.1, 0.15) is 11.5 Å². The number of nitrogens with zero attached hydrogens (tertiary/aromatic N) is 2. The van der Waals surface area contributed by atoms with Crippen LogP contribution in [0.4, 0.5) is 10.1 Å². The zero-order valence-corrected chi connectivity index (χ0v) is 15.1. The summed E-state index contributed by atoms with van der Waals surface area (Å²) in [6.07, 6.45) is 1.19. The van der Waals surface area contributed by atoms with Crippen LogP contribution in [-0.2, 0) is 0 Å². The third-order valence-corrected chi connectivity index (χ3v) is 4.38. The fourth-order valence-electron chi connectivity index (χ4n) is 2.89. The second kappa shape index (κ2) is 6.97. The topological polar surface area (TPSA) is 31.9 Å². The number of aromatic amines is 1. The van der Waals surface area contributed by atoms with Gasteiger partial charge in [0.25, 0.3) is 0 Å². The van der Waals surface area contributed by atoms with Gasteiger partial charge in [-0.25, -0.2) is 9.37 Å². The monoisotopic (exact) mass is 355 g/mol. The van der Waals surface area contributed by atoms with Crippen LogP contribution in [0.3, 0.4) is 0 Å². The van der Waals surface area contributed by atoms with Crippen molar-refractivity contribution in [3.63, 3.8) is 0 Å². The summed E-state index contributed by atoms with van der Waals surface area (Å²) < 4.78 is 13.2. The Morgan fingerprint density at radius 3 is 2.22 bits per heavy atom. The molecule has 0 saturated carbocycles. The Morgan fingerprint density at radius 1 is 0.889 bits per heavy atom. The Hall–Kier alpha value is -3.58. The third-order valence-electron chi connectivity index (χ3n) is 4.38. The molecular weight excluding hydrogens is 337 g/mol. The number of benzene rings is 2. The zero-order chi connectivity index (χ0) is 18.8. The molecule has 0 amide bonds. The van der Waals surface area contributed by atoms with Crippen molar-refractivity contribution in [1.29, 1.82) is 0 Å². The fourth-order valence-corrected chi connectivity index (χ4v) is 2.89. The Balaban J connectivity index is 1.54. The molecule has 3 nitrogen and oxygen atoms in total. The standard InChI is InChI=1S/C23H18FN3/c1-27(2)22-11-8-18(9-12-22)17-6-3-16(4-7-17)5-10-21-14-19-13-20(24)15-25-23(19)26-21/h3-4,6-9,11-15H,1-2H3,(H,25,26). The van der Waals surface area contributed by atoms with E-state index in [4.69, 9.17) is 0 Å². The van der Waals surface area contributed by atoms with E-state index < -0.39 is 0 Å². The highest BCUT2D eigenvalue weighted by molar-refractivity contribution is 5.77. The molecule has 0 spiro atoms. The van der Waals surface area contributed by atoms with Crippen molar-refractivity contribution in [2.24, 2.45) is 0 Å². The van der Waals surface area contributed by atoms with Gasteiger partial charge in [0.05, 0.1) is 11.9 Å². The predicted molar refractivity (Wildman–Crippen MR) is 108 cm³/mol. The van der Waals surface area contributed by atoms with Crippen LogP contribution in [0.2, 0.25) is 0 Å². The third kappa shape index (κ3) is 3.68. The van der Waals surface area contributed by atoms with E-state index in [0.717, 1.165) is 16.5 Å². The number of aromatic nitrogens is 2. The van der Waals surface area contributed by atoms with Crippen molar-refractivity contribution in [2.75, 3.05) is 19.0 Å². The first-order valence-corrected chi connectivity index (χ1v) is 8.62. The maximum Gasteiger partial charge on any atom is 0.142 e. The number of hydrogen-bond donors (Lipinski definition) is 1. The lowest BCUT2D eigenvalue weighted by Gasteiger charge is -2.12. The number of rotatable bonds is 2. The summed E-state index contributed by atoms with van der Waals surface area (Å²) in [6.45, 7) is 0. The average molecular weight is 355 g/mol. The Morgan fingerprint density at radius 2 is 1.56 bits per heavy atom. The van der Waals surface area contributed by atoms with Gasteiger partial charge in [0.15, 0.2) is 0 Å². The van der Waals surface area contributed by atoms with Gasteiger partial charge < -0.3 is 9.88 Å². The largest absolute Gasteiger partial charge is 0.378 e. The molecule has 2 aromatic heterocycles. The maximum atomic E-state index is 13.2. The predicted octanol–water partition coefficient (Wildman–Crippen LogP) is 4.83. The molecule has 132 valence electrons. The lowest BCUT2D eigenvalue weighted by molar-refractivity contribution is 0.624. The number of nitrogens with one attached hydrogen (secondary N) is 1. The first kappa shape index (κ1) is 16.9.